The lowest BCUT2D eigenvalue weighted by Crippen LogP contribution is -2.32. The molecule has 3 heteroatoms. The SMILES string of the molecule is C/C=C/C(=N)C(C)CCCNC(=N)C(C)C(C)C. The minimum absolute atomic E-state index is 0.295. The summed E-state index contributed by atoms with van der Waals surface area (Å²) in [7, 11) is 0. The lowest BCUT2D eigenvalue weighted by Gasteiger charge is -2.18. The van der Waals surface area contributed by atoms with Crippen molar-refractivity contribution in [3.05, 3.63) is 12.2 Å². The van der Waals surface area contributed by atoms with E-state index in [0.717, 1.165) is 19.4 Å². The van der Waals surface area contributed by atoms with Gasteiger partial charge in [-0.25, -0.2) is 0 Å². The second-order valence-electron chi connectivity index (χ2n) is 5.37. The largest absolute Gasteiger partial charge is 0.374 e. The fraction of sp³-hybridized carbons (Fsp3) is 0.733. The lowest BCUT2D eigenvalue weighted by molar-refractivity contribution is 0.511. The van der Waals surface area contributed by atoms with Gasteiger partial charge in [-0.1, -0.05) is 33.8 Å². The summed E-state index contributed by atoms with van der Waals surface area (Å²) in [6.45, 7) is 11.2. The monoisotopic (exact) mass is 251 g/mol. The van der Waals surface area contributed by atoms with E-state index in [2.05, 4.69) is 33.0 Å². The Hall–Kier alpha value is -1.12. The van der Waals surface area contributed by atoms with Crippen LogP contribution in [0.25, 0.3) is 0 Å². The van der Waals surface area contributed by atoms with Gasteiger partial charge in [0.1, 0.15) is 0 Å². The highest BCUT2D eigenvalue weighted by Gasteiger charge is 2.12. The Morgan fingerprint density at radius 3 is 2.28 bits per heavy atom. The molecular weight excluding hydrogens is 222 g/mol. The van der Waals surface area contributed by atoms with Gasteiger partial charge in [0.15, 0.2) is 0 Å². The van der Waals surface area contributed by atoms with Crippen molar-refractivity contribution in [3.8, 4) is 0 Å². The molecule has 18 heavy (non-hydrogen) atoms. The molecule has 0 saturated carbocycles. The summed E-state index contributed by atoms with van der Waals surface area (Å²) in [6.07, 6.45) is 5.78. The van der Waals surface area contributed by atoms with Crippen LogP contribution in [0.5, 0.6) is 0 Å². The summed E-state index contributed by atoms with van der Waals surface area (Å²) in [5.74, 6) is 1.75. The molecule has 0 saturated heterocycles. The predicted molar refractivity (Wildman–Crippen MR) is 80.7 cm³/mol. The van der Waals surface area contributed by atoms with E-state index in [-0.39, 0.29) is 0 Å². The van der Waals surface area contributed by atoms with Crippen molar-refractivity contribution in [1.29, 1.82) is 10.8 Å². The second-order valence-corrected chi connectivity index (χ2v) is 5.37. The first kappa shape index (κ1) is 16.9. The topological polar surface area (TPSA) is 59.7 Å². The highest BCUT2D eigenvalue weighted by molar-refractivity contribution is 5.93. The van der Waals surface area contributed by atoms with Crippen molar-refractivity contribution < 1.29 is 0 Å². The summed E-state index contributed by atoms with van der Waals surface area (Å²) < 4.78 is 0. The van der Waals surface area contributed by atoms with E-state index in [1.165, 1.54) is 0 Å². The molecule has 104 valence electrons. The van der Waals surface area contributed by atoms with Crippen LogP contribution >= 0.6 is 0 Å². The van der Waals surface area contributed by atoms with Crippen LogP contribution in [0.15, 0.2) is 12.2 Å². The number of nitrogens with one attached hydrogen (secondary N) is 3. The molecule has 0 radical (unpaired) electrons. The Labute approximate surface area is 112 Å². The summed E-state index contributed by atoms with van der Waals surface area (Å²) in [4.78, 5) is 0. The Kier molecular flexibility index (Phi) is 8.34. The van der Waals surface area contributed by atoms with E-state index < -0.39 is 0 Å². The molecule has 0 bridgehead atoms. The molecule has 0 aliphatic carbocycles. The van der Waals surface area contributed by atoms with Crippen LogP contribution in [0.4, 0.5) is 0 Å². The molecule has 0 spiro atoms. The minimum Gasteiger partial charge on any atom is -0.374 e. The van der Waals surface area contributed by atoms with Gasteiger partial charge in [-0.05, 0) is 37.7 Å². The van der Waals surface area contributed by atoms with Crippen LogP contribution in [0, 0.1) is 28.6 Å². The van der Waals surface area contributed by atoms with Crippen molar-refractivity contribution in [3.63, 3.8) is 0 Å². The van der Waals surface area contributed by atoms with Crippen LogP contribution < -0.4 is 5.32 Å². The number of amidine groups is 1. The van der Waals surface area contributed by atoms with Gasteiger partial charge in [0, 0.05) is 18.2 Å². The molecule has 2 atom stereocenters. The van der Waals surface area contributed by atoms with Gasteiger partial charge >= 0.3 is 0 Å². The molecule has 0 aliphatic heterocycles. The molecule has 0 heterocycles. The van der Waals surface area contributed by atoms with Gasteiger partial charge in [-0.15, -0.1) is 0 Å². The molecule has 3 N–H and O–H groups in total. The van der Waals surface area contributed by atoms with Crippen molar-refractivity contribution in [1.82, 2.24) is 5.32 Å². The molecule has 0 aromatic carbocycles. The van der Waals surface area contributed by atoms with E-state index in [9.17, 15) is 0 Å². The molecule has 0 aromatic heterocycles. The van der Waals surface area contributed by atoms with Gasteiger partial charge in [-0.2, -0.15) is 0 Å². The molecule has 0 fully saturated rings. The van der Waals surface area contributed by atoms with Crippen molar-refractivity contribution in [2.75, 3.05) is 6.54 Å². The van der Waals surface area contributed by atoms with Crippen molar-refractivity contribution in [2.24, 2.45) is 17.8 Å². The summed E-state index contributed by atoms with van der Waals surface area (Å²) in [5, 5.41) is 18.9. The van der Waals surface area contributed by atoms with Crippen LogP contribution in [-0.4, -0.2) is 18.1 Å². The van der Waals surface area contributed by atoms with E-state index >= 15 is 0 Å². The van der Waals surface area contributed by atoms with Gasteiger partial charge in [0.25, 0.3) is 0 Å². The number of hydrogen-bond acceptors (Lipinski definition) is 2. The molecule has 2 unspecified atom stereocenters. The number of hydrogen-bond donors (Lipinski definition) is 3. The summed E-state index contributed by atoms with van der Waals surface area (Å²) >= 11 is 0. The Morgan fingerprint density at radius 1 is 1.17 bits per heavy atom. The van der Waals surface area contributed by atoms with Crippen LogP contribution in [0.1, 0.15) is 47.5 Å². The van der Waals surface area contributed by atoms with E-state index in [0.29, 0.717) is 29.3 Å². The average molecular weight is 251 g/mol. The van der Waals surface area contributed by atoms with Gasteiger partial charge in [0.2, 0.25) is 0 Å². The summed E-state index contributed by atoms with van der Waals surface area (Å²) in [5.41, 5.74) is 0.697. The van der Waals surface area contributed by atoms with E-state index in [4.69, 9.17) is 10.8 Å². The van der Waals surface area contributed by atoms with Gasteiger partial charge in [0.05, 0.1) is 5.84 Å². The maximum absolute atomic E-state index is 7.90. The highest BCUT2D eigenvalue weighted by atomic mass is 14.9. The van der Waals surface area contributed by atoms with Crippen molar-refractivity contribution in [2.45, 2.75) is 47.5 Å². The molecule has 0 rings (SSSR count). The third-order valence-electron chi connectivity index (χ3n) is 3.46. The molecular formula is C15H29N3. The highest BCUT2D eigenvalue weighted by Crippen LogP contribution is 2.10. The lowest BCUT2D eigenvalue weighted by atomic mass is 9.96. The third-order valence-corrected chi connectivity index (χ3v) is 3.46. The molecule has 3 nitrogen and oxygen atoms in total. The fourth-order valence-electron chi connectivity index (χ4n) is 1.62. The zero-order chi connectivity index (χ0) is 14.1. The normalized spacial score (nSPS) is 14.8. The Morgan fingerprint density at radius 2 is 1.78 bits per heavy atom. The number of rotatable bonds is 8. The standard InChI is InChI=1S/C15H29N3/c1-6-8-14(16)12(4)9-7-10-18-15(17)13(5)11(2)3/h6,8,11-13,16H,7,9-10H2,1-5H3,(H2,17,18)/b8-6+,16-14?. The van der Waals surface area contributed by atoms with Crippen LogP contribution in [-0.2, 0) is 0 Å². The average Bonchev–Trinajstić information content (AvgIpc) is 2.33. The zero-order valence-corrected chi connectivity index (χ0v) is 12.5. The zero-order valence-electron chi connectivity index (χ0n) is 12.5. The predicted octanol–water partition coefficient (Wildman–Crippen LogP) is 3.86. The summed E-state index contributed by atoms with van der Waals surface area (Å²) in [6, 6.07) is 0. The maximum atomic E-state index is 7.90. The number of allylic oxidation sites excluding steroid dienone is 2. The second kappa shape index (κ2) is 8.90. The minimum atomic E-state index is 0.295. The van der Waals surface area contributed by atoms with Crippen LogP contribution in [0.3, 0.4) is 0 Å². The smallest absolute Gasteiger partial charge is 0.0963 e. The first-order valence-electron chi connectivity index (χ1n) is 6.93. The Balaban J connectivity index is 3.80. The van der Waals surface area contributed by atoms with E-state index in [1.54, 1.807) is 0 Å². The fourth-order valence-corrected chi connectivity index (χ4v) is 1.62. The third kappa shape index (κ3) is 6.58. The van der Waals surface area contributed by atoms with Crippen molar-refractivity contribution >= 4 is 11.5 Å². The Bertz CT molecular complexity index is 292. The van der Waals surface area contributed by atoms with Crippen LogP contribution in [0.2, 0.25) is 0 Å². The molecule has 0 amide bonds. The van der Waals surface area contributed by atoms with Gasteiger partial charge in [-0.3, -0.25) is 5.41 Å². The maximum Gasteiger partial charge on any atom is 0.0963 e. The quantitative estimate of drug-likeness (QED) is 0.342. The first-order chi connectivity index (χ1) is 8.40. The first-order valence-corrected chi connectivity index (χ1v) is 6.93. The van der Waals surface area contributed by atoms with Gasteiger partial charge < -0.3 is 10.7 Å². The molecule has 0 aliphatic rings. The molecule has 0 aromatic rings. The van der Waals surface area contributed by atoms with E-state index in [1.807, 2.05) is 19.1 Å².